The molecule has 3 aliphatic heterocycles. The minimum absolute atomic E-state index is 0.0320. The van der Waals surface area contributed by atoms with Crippen LogP contribution in [0.25, 0.3) is 0 Å². The van der Waals surface area contributed by atoms with Crippen LogP contribution in [0.2, 0.25) is 0 Å². The predicted molar refractivity (Wildman–Crippen MR) is 332 cm³/mol. The lowest BCUT2D eigenvalue weighted by molar-refractivity contribution is -0.143. The van der Waals surface area contributed by atoms with E-state index in [1.807, 2.05) is 27.7 Å². The van der Waals surface area contributed by atoms with Gasteiger partial charge in [0.1, 0.15) is 66.2 Å². The average molecular weight is 1230 g/mol. The first-order valence-corrected chi connectivity index (χ1v) is 30.9. The maximum atomic E-state index is 15.0. The van der Waals surface area contributed by atoms with Crippen molar-refractivity contribution in [1.29, 1.82) is 0 Å². The number of hydrogen-bond donors (Lipinski definition) is 12. The number of rotatable bonds is 16. The fourth-order valence-corrected chi connectivity index (χ4v) is 11.4. The Labute approximate surface area is 520 Å². The number of phenolic OH excluding ortho intramolecular Hbond substituents is 1. The average Bonchev–Trinajstić information content (AvgIpc) is 1.98. The van der Waals surface area contributed by atoms with Crippen LogP contribution in [0, 0.1) is 17.8 Å². The molecule has 25 nitrogen and oxygen atoms in total. The van der Waals surface area contributed by atoms with Gasteiger partial charge < -0.3 is 74.0 Å². The SMILES string of the molecule is CC(C)C[C@@H]1NC(=O)[C@H](Cc2ccc(O)cc2)NC(=O)[C@H]([C@@H](C)O)NC(=O)[C@@H]2CCCN2C(=O)[C@@H](Cc2ccccc2)NC(=O)[C@H](CC(C)C)NC(=O)[C@H](CCCN=C(N)N)NC(=O)[C@H](C(C)C)NC(=O)[C@@H]2CCCN2C(=O)[C@@H](Cc2ccccc2)NC1=O. The summed E-state index contributed by atoms with van der Waals surface area (Å²) in [6, 6.07) is 10.2. The first-order valence-electron chi connectivity index (χ1n) is 30.9. The Bertz CT molecular complexity index is 2960. The Kier molecular flexibility index (Phi) is 25.8. The first-order chi connectivity index (χ1) is 42.3. The van der Waals surface area contributed by atoms with E-state index >= 15 is 9.59 Å². The van der Waals surface area contributed by atoms with E-state index in [1.54, 1.807) is 74.5 Å². The zero-order valence-corrected chi connectivity index (χ0v) is 52.0. The van der Waals surface area contributed by atoms with Crippen molar-refractivity contribution in [3.8, 4) is 5.75 Å². The number of amides is 10. The van der Waals surface area contributed by atoms with E-state index in [4.69, 9.17) is 11.5 Å². The van der Waals surface area contributed by atoms with E-state index in [9.17, 15) is 48.6 Å². The molecular formula is C64H91N13O12. The Morgan fingerprint density at radius 2 is 0.865 bits per heavy atom. The van der Waals surface area contributed by atoms with Crippen molar-refractivity contribution in [1.82, 2.24) is 52.3 Å². The number of aliphatic hydroxyl groups is 1. The lowest BCUT2D eigenvalue weighted by atomic mass is 9.99. The Balaban J connectivity index is 1.43. The minimum Gasteiger partial charge on any atom is -0.508 e. The van der Waals surface area contributed by atoms with Gasteiger partial charge in [0.15, 0.2) is 5.96 Å². The van der Waals surface area contributed by atoms with Crippen LogP contribution in [0.1, 0.15) is 117 Å². The Morgan fingerprint density at radius 3 is 1.30 bits per heavy atom. The van der Waals surface area contributed by atoms with Crippen molar-refractivity contribution >= 4 is 65.0 Å². The summed E-state index contributed by atoms with van der Waals surface area (Å²) in [6.45, 7) is 12.2. The monoisotopic (exact) mass is 1230 g/mol. The molecule has 0 spiro atoms. The summed E-state index contributed by atoms with van der Waals surface area (Å²) in [6.07, 6.45) is -0.536. The van der Waals surface area contributed by atoms with E-state index in [0.717, 1.165) is 0 Å². The second-order valence-corrected chi connectivity index (χ2v) is 24.7. The zero-order valence-electron chi connectivity index (χ0n) is 52.0. The molecule has 3 saturated heterocycles. The minimum atomic E-state index is -1.71. The molecule has 0 aliphatic carbocycles. The van der Waals surface area contributed by atoms with E-state index in [1.165, 1.54) is 41.0 Å². The maximum absolute atomic E-state index is 15.0. The highest BCUT2D eigenvalue weighted by Gasteiger charge is 2.44. The number of phenols is 1. The van der Waals surface area contributed by atoms with Crippen LogP contribution in [0.15, 0.2) is 89.9 Å². The number of aliphatic imine (C=N–C) groups is 1. The molecule has 3 fully saturated rings. The molecule has 89 heavy (non-hydrogen) atoms. The standard InChI is InChI=1S/C64H91N13O12/c1-36(2)31-45-55(81)72-49(35-41-19-12-9-13-20-41)63(89)77-30-16-23-51(77)59(85)75-53(39(7)78)61(87)71-47(33-42-24-26-43(79)27-25-42)57(83)70-46(32-37(3)4)56(82)73-48(34-40-17-10-8-11-18-40)62(88)76-29-15-22-50(76)58(84)74-52(38(5)6)60(86)68-44(54(80)69-45)21-14-28-67-64(65)66/h8-13,17-20,24-27,36-39,44-53,78-79H,14-16,21-23,28-35H2,1-7H3,(H,68,86)(H,69,80)(H,70,83)(H,71,87)(H,72,81)(H,73,82)(H,74,84)(H,75,85)(H4,65,66,67)/t39-,44+,45+,46+,47+,48-,49-,50+,51+,52+,53+/m1/s1. The molecule has 3 heterocycles. The lowest BCUT2D eigenvalue weighted by Gasteiger charge is -2.33. The smallest absolute Gasteiger partial charge is 0.246 e. The first kappa shape index (κ1) is 69.5. The molecule has 6 rings (SSSR count). The van der Waals surface area contributed by atoms with Gasteiger partial charge in [0.05, 0.1) is 6.10 Å². The largest absolute Gasteiger partial charge is 0.508 e. The molecule has 3 aromatic rings. The quantitative estimate of drug-likeness (QED) is 0.0528. The number of hydrogen-bond acceptors (Lipinski definition) is 13. The van der Waals surface area contributed by atoms with Crippen molar-refractivity contribution in [2.75, 3.05) is 19.6 Å². The van der Waals surface area contributed by atoms with Gasteiger partial charge in [-0.2, -0.15) is 0 Å². The number of guanidine groups is 1. The molecule has 10 amide bonds. The molecule has 0 radical (unpaired) electrons. The van der Waals surface area contributed by atoms with E-state index in [2.05, 4.69) is 47.5 Å². The summed E-state index contributed by atoms with van der Waals surface area (Å²) >= 11 is 0. The molecule has 11 atom stereocenters. The molecule has 0 saturated carbocycles. The summed E-state index contributed by atoms with van der Waals surface area (Å²) < 4.78 is 0. The summed E-state index contributed by atoms with van der Waals surface area (Å²) in [4.78, 5) is 154. The van der Waals surface area contributed by atoms with Gasteiger partial charge in [-0.15, -0.1) is 0 Å². The Hall–Kier alpha value is -8.61. The number of nitrogens with one attached hydrogen (secondary N) is 8. The van der Waals surface area contributed by atoms with E-state index in [-0.39, 0.29) is 101 Å². The zero-order chi connectivity index (χ0) is 65.1. The summed E-state index contributed by atoms with van der Waals surface area (Å²) in [5.74, 6) is -8.87. The van der Waals surface area contributed by atoms with Gasteiger partial charge >= 0.3 is 0 Å². The van der Waals surface area contributed by atoms with Crippen molar-refractivity contribution in [2.45, 2.75) is 186 Å². The Morgan fingerprint density at radius 1 is 0.483 bits per heavy atom. The van der Waals surface area contributed by atoms with E-state index in [0.29, 0.717) is 29.5 Å². The number of nitrogens with zero attached hydrogens (tertiary/aromatic N) is 3. The van der Waals surface area contributed by atoms with Crippen LogP contribution in [0.5, 0.6) is 5.75 Å². The number of aliphatic hydroxyl groups excluding tert-OH is 1. The molecule has 3 aliphatic rings. The second kappa shape index (κ2) is 33.1. The molecule has 0 aromatic heterocycles. The van der Waals surface area contributed by atoms with Gasteiger partial charge in [0, 0.05) is 38.9 Å². The second-order valence-electron chi connectivity index (χ2n) is 24.7. The van der Waals surface area contributed by atoms with Gasteiger partial charge in [0.25, 0.3) is 0 Å². The van der Waals surface area contributed by atoms with E-state index < -0.39 is 132 Å². The van der Waals surface area contributed by atoms with Crippen molar-refractivity contribution < 1.29 is 58.2 Å². The molecular weight excluding hydrogens is 1140 g/mol. The van der Waals surface area contributed by atoms with Gasteiger partial charge in [-0.25, -0.2) is 0 Å². The van der Waals surface area contributed by atoms with Gasteiger partial charge in [-0.3, -0.25) is 52.9 Å². The number of nitrogens with two attached hydrogens (primary N) is 2. The molecule has 25 heteroatoms. The predicted octanol–water partition coefficient (Wildman–Crippen LogP) is 0.477. The third-order valence-corrected chi connectivity index (χ3v) is 16.0. The molecule has 0 unspecified atom stereocenters. The molecule has 484 valence electrons. The topological polar surface area (TPSA) is 378 Å². The third kappa shape index (κ3) is 20.5. The summed E-state index contributed by atoms with van der Waals surface area (Å²) in [5, 5.41) is 43.6. The number of aromatic hydroxyl groups is 1. The van der Waals surface area contributed by atoms with Crippen LogP contribution in [0.3, 0.4) is 0 Å². The van der Waals surface area contributed by atoms with Crippen LogP contribution >= 0.6 is 0 Å². The highest BCUT2D eigenvalue weighted by atomic mass is 16.3. The fourth-order valence-electron chi connectivity index (χ4n) is 11.4. The van der Waals surface area contributed by atoms with Crippen molar-refractivity contribution in [2.24, 2.45) is 34.2 Å². The number of carbonyl (C=O) groups is 10. The highest BCUT2D eigenvalue weighted by molar-refractivity contribution is 6.00. The number of carbonyl (C=O) groups excluding carboxylic acids is 10. The van der Waals surface area contributed by atoms with Crippen molar-refractivity contribution in [3.63, 3.8) is 0 Å². The summed E-state index contributed by atoms with van der Waals surface area (Å²) in [7, 11) is 0. The van der Waals surface area contributed by atoms with Crippen LogP contribution in [-0.2, 0) is 67.2 Å². The van der Waals surface area contributed by atoms with Crippen LogP contribution < -0.4 is 54.0 Å². The van der Waals surface area contributed by atoms with Gasteiger partial charge in [-0.05, 0) is 105 Å². The van der Waals surface area contributed by atoms with Gasteiger partial charge in [0.2, 0.25) is 59.1 Å². The molecule has 3 aromatic carbocycles. The molecule has 0 bridgehead atoms. The number of benzene rings is 3. The van der Waals surface area contributed by atoms with Crippen molar-refractivity contribution in [3.05, 3.63) is 102 Å². The lowest BCUT2D eigenvalue weighted by Crippen LogP contribution is -2.62. The fraction of sp³-hybridized carbons (Fsp3) is 0.547. The third-order valence-electron chi connectivity index (χ3n) is 16.0. The summed E-state index contributed by atoms with van der Waals surface area (Å²) in [5.41, 5.74) is 13.0. The highest BCUT2D eigenvalue weighted by Crippen LogP contribution is 2.24. The number of fused-ring (bicyclic) bond motifs is 2. The van der Waals surface area contributed by atoms with Crippen LogP contribution in [-0.4, -0.2) is 171 Å². The van der Waals surface area contributed by atoms with Crippen LogP contribution in [0.4, 0.5) is 0 Å². The normalized spacial score (nSPS) is 25.6. The maximum Gasteiger partial charge on any atom is 0.246 e. The van der Waals surface area contributed by atoms with Gasteiger partial charge in [-0.1, -0.05) is 114 Å². The molecule has 14 N–H and O–H groups in total.